The first-order valence-corrected chi connectivity index (χ1v) is 8.52. The highest BCUT2D eigenvalue weighted by Gasteiger charge is 2.11. The molecule has 6 heteroatoms. The Morgan fingerprint density at radius 2 is 2.24 bits per heavy atom. The molecule has 0 fully saturated rings. The molecule has 0 saturated carbocycles. The molecular weight excluding hydrogens is 356 g/mol. The number of carbonyl (C=O) groups is 1. The predicted molar refractivity (Wildman–Crippen MR) is 90.5 cm³/mol. The molecule has 0 spiro atoms. The van der Waals surface area contributed by atoms with Crippen molar-refractivity contribution in [3.05, 3.63) is 28.2 Å². The predicted octanol–water partition coefficient (Wildman–Crippen LogP) is 4.08. The molecule has 116 valence electrons. The summed E-state index contributed by atoms with van der Waals surface area (Å²) in [5.41, 5.74) is 0.731. The minimum absolute atomic E-state index is 0.581. The number of hydrogen-bond donors (Lipinski definition) is 1. The number of carboxylic acid groups (broad SMARTS) is 1. The van der Waals surface area contributed by atoms with E-state index in [1.165, 1.54) is 6.08 Å². The zero-order chi connectivity index (χ0) is 15.7. The third kappa shape index (κ3) is 6.44. The summed E-state index contributed by atoms with van der Waals surface area (Å²) < 4.78 is 11.8. The highest BCUT2D eigenvalue weighted by Crippen LogP contribution is 2.37. The van der Waals surface area contributed by atoms with Gasteiger partial charge in [-0.25, -0.2) is 4.79 Å². The van der Waals surface area contributed by atoms with Crippen LogP contribution in [0, 0.1) is 0 Å². The van der Waals surface area contributed by atoms with Crippen LogP contribution < -0.4 is 9.47 Å². The number of aliphatic carboxylic acids is 1. The Balaban J connectivity index is 2.77. The van der Waals surface area contributed by atoms with E-state index in [1.807, 2.05) is 11.8 Å². The van der Waals surface area contributed by atoms with E-state index in [2.05, 4.69) is 22.9 Å². The summed E-state index contributed by atoms with van der Waals surface area (Å²) in [4.78, 5) is 10.6. The SMILES string of the molecule is CCSCCCOc1c(Br)cc(/C=C/C(=O)O)cc1OC. The lowest BCUT2D eigenvalue weighted by Crippen LogP contribution is -2.01. The van der Waals surface area contributed by atoms with Gasteiger partial charge in [-0.15, -0.1) is 0 Å². The van der Waals surface area contributed by atoms with Gasteiger partial charge in [0.05, 0.1) is 18.2 Å². The van der Waals surface area contributed by atoms with Crippen molar-refractivity contribution in [1.82, 2.24) is 0 Å². The van der Waals surface area contributed by atoms with Crippen LogP contribution in [0.2, 0.25) is 0 Å². The second kappa shape index (κ2) is 9.73. The molecule has 1 aromatic carbocycles. The van der Waals surface area contributed by atoms with E-state index in [1.54, 1.807) is 19.2 Å². The Bertz CT molecular complexity index is 503. The summed E-state index contributed by atoms with van der Waals surface area (Å²) in [5, 5.41) is 8.66. The highest BCUT2D eigenvalue weighted by molar-refractivity contribution is 9.10. The normalized spacial score (nSPS) is 10.8. The second-order valence-electron chi connectivity index (χ2n) is 4.10. The van der Waals surface area contributed by atoms with Crippen molar-refractivity contribution in [1.29, 1.82) is 0 Å². The molecule has 0 aromatic heterocycles. The Hall–Kier alpha value is -1.14. The first-order chi connectivity index (χ1) is 10.1. The fourth-order valence-electron chi connectivity index (χ4n) is 1.62. The Kier molecular flexibility index (Phi) is 8.30. The third-order valence-electron chi connectivity index (χ3n) is 2.55. The van der Waals surface area contributed by atoms with E-state index in [0.29, 0.717) is 18.1 Å². The molecule has 0 unspecified atom stereocenters. The van der Waals surface area contributed by atoms with E-state index in [9.17, 15) is 4.79 Å². The van der Waals surface area contributed by atoms with Gasteiger partial charge < -0.3 is 14.6 Å². The molecule has 1 N–H and O–H groups in total. The molecule has 4 nitrogen and oxygen atoms in total. The van der Waals surface area contributed by atoms with Crippen LogP contribution in [0.3, 0.4) is 0 Å². The topological polar surface area (TPSA) is 55.8 Å². The van der Waals surface area contributed by atoms with Gasteiger partial charge in [-0.05, 0) is 57.6 Å². The monoisotopic (exact) mass is 374 g/mol. The maximum absolute atomic E-state index is 10.6. The second-order valence-corrected chi connectivity index (χ2v) is 6.35. The molecule has 0 bridgehead atoms. The van der Waals surface area contributed by atoms with Crippen LogP contribution in [0.1, 0.15) is 18.9 Å². The van der Waals surface area contributed by atoms with E-state index in [-0.39, 0.29) is 0 Å². The van der Waals surface area contributed by atoms with Gasteiger partial charge in [0.15, 0.2) is 11.5 Å². The fraction of sp³-hybridized carbons (Fsp3) is 0.400. The maximum Gasteiger partial charge on any atom is 0.328 e. The summed E-state index contributed by atoms with van der Waals surface area (Å²) in [6.45, 7) is 2.75. The minimum Gasteiger partial charge on any atom is -0.493 e. The van der Waals surface area contributed by atoms with Crippen LogP contribution in [0.5, 0.6) is 11.5 Å². The van der Waals surface area contributed by atoms with Gasteiger partial charge in [-0.1, -0.05) is 6.92 Å². The lowest BCUT2D eigenvalue weighted by molar-refractivity contribution is -0.131. The molecule has 1 aromatic rings. The summed E-state index contributed by atoms with van der Waals surface area (Å²) in [5.74, 6) is 2.41. The van der Waals surface area contributed by atoms with E-state index >= 15 is 0 Å². The number of rotatable bonds is 9. The van der Waals surface area contributed by atoms with Crippen molar-refractivity contribution in [3.63, 3.8) is 0 Å². The number of ether oxygens (including phenoxy) is 2. The smallest absolute Gasteiger partial charge is 0.328 e. The van der Waals surface area contributed by atoms with Crippen molar-refractivity contribution in [3.8, 4) is 11.5 Å². The number of hydrogen-bond acceptors (Lipinski definition) is 4. The van der Waals surface area contributed by atoms with Gasteiger partial charge in [-0.3, -0.25) is 0 Å². The summed E-state index contributed by atoms with van der Waals surface area (Å²) in [6, 6.07) is 3.55. The average molecular weight is 375 g/mol. The lowest BCUT2D eigenvalue weighted by Gasteiger charge is -2.13. The van der Waals surface area contributed by atoms with Crippen molar-refractivity contribution in [2.24, 2.45) is 0 Å². The molecule has 21 heavy (non-hydrogen) atoms. The molecule has 0 aliphatic heterocycles. The number of halogens is 1. The molecule has 0 saturated heterocycles. The van der Waals surface area contributed by atoms with Crippen LogP contribution in [0.4, 0.5) is 0 Å². The van der Waals surface area contributed by atoms with Gasteiger partial charge in [0.1, 0.15) is 0 Å². The van der Waals surface area contributed by atoms with Gasteiger partial charge in [0.2, 0.25) is 0 Å². The summed E-state index contributed by atoms with van der Waals surface area (Å²) in [6.07, 6.45) is 3.57. The highest BCUT2D eigenvalue weighted by atomic mass is 79.9. The summed E-state index contributed by atoms with van der Waals surface area (Å²) in [7, 11) is 1.56. The molecule has 1 rings (SSSR count). The van der Waals surface area contributed by atoms with Gasteiger partial charge in [0, 0.05) is 6.08 Å². The van der Waals surface area contributed by atoms with E-state index < -0.39 is 5.97 Å². The fourth-order valence-corrected chi connectivity index (χ4v) is 2.81. The van der Waals surface area contributed by atoms with Crippen molar-refractivity contribution < 1.29 is 19.4 Å². The Morgan fingerprint density at radius 1 is 1.48 bits per heavy atom. The molecule has 0 aliphatic carbocycles. The van der Waals surface area contributed by atoms with Gasteiger partial charge >= 0.3 is 5.97 Å². The first-order valence-electron chi connectivity index (χ1n) is 6.57. The van der Waals surface area contributed by atoms with Gasteiger partial charge in [0.25, 0.3) is 0 Å². The number of methoxy groups -OCH3 is 1. The largest absolute Gasteiger partial charge is 0.493 e. The van der Waals surface area contributed by atoms with E-state index in [0.717, 1.165) is 34.0 Å². The van der Waals surface area contributed by atoms with Crippen molar-refractivity contribution in [2.45, 2.75) is 13.3 Å². The zero-order valence-corrected chi connectivity index (χ0v) is 14.5. The summed E-state index contributed by atoms with van der Waals surface area (Å²) >= 11 is 5.32. The number of thioether (sulfide) groups is 1. The molecule has 0 atom stereocenters. The molecule has 0 heterocycles. The molecule has 0 amide bonds. The van der Waals surface area contributed by atoms with Crippen molar-refractivity contribution in [2.75, 3.05) is 25.2 Å². The lowest BCUT2D eigenvalue weighted by atomic mass is 10.2. The van der Waals surface area contributed by atoms with Crippen molar-refractivity contribution >= 4 is 39.7 Å². The third-order valence-corrected chi connectivity index (χ3v) is 4.13. The number of carboxylic acids is 1. The quantitative estimate of drug-likeness (QED) is 0.521. The standard InChI is InChI=1S/C15H19BrO4S/c1-3-21-8-4-7-20-15-12(16)9-11(5-6-14(17)18)10-13(15)19-2/h5-6,9-10H,3-4,7-8H2,1-2H3,(H,17,18)/b6-5+. The molecular formula is C15H19BrO4S. The molecule has 0 radical (unpaired) electrons. The van der Waals surface area contributed by atoms with Crippen LogP contribution in [0.15, 0.2) is 22.7 Å². The van der Waals surface area contributed by atoms with Crippen LogP contribution >= 0.6 is 27.7 Å². The minimum atomic E-state index is -0.987. The maximum atomic E-state index is 10.6. The molecule has 0 aliphatic rings. The van der Waals surface area contributed by atoms with Crippen LogP contribution in [-0.2, 0) is 4.79 Å². The van der Waals surface area contributed by atoms with Gasteiger partial charge in [-0.2, -0.15) is 11.8 Å². The average Bonchev–Trinajstić information content (AvgIpc) is 2.46. The van der Waals surface area contributed by atoms with Crippen LogP contribution in [-0.4, -0.2) is 36.3 Å². The first kappa shape index (κ1) is 17.9. The van der Waals surface area contributed by atoms with E-state index in [4.69, 9.17) is 14.6 Å². The Labute approximate surface area is 137 Å². The Morgan fingerprint density at radius 3 is 2.86 bits per heavy atom. The van der Waals surface area contributed by atoms with Crippen LogP contribution in [0.25, 0.3) is 6.08 Å². The number of benzene rings is 1. The zero-order valence-electron chi connectivity index (χ0n) is 12.1.